The summed E-state index contributed by atoms with van der Waals surface area (Å²) in [5, 5.41) is 2.85. The number of nitrogens with one attached hydrogen (secondary N) is 1. The molecule has 0 bridgehead atoms. The molecule has 1 unspecified atom stereocenters. The summed E-state index contributed by atoms with van der Waals surface area (Å²) in [7, 11) is 0. The number of amides is 1. The second-order valence-electron chi connectivity index (χ2n) is 4.68. The molecule has 0 saturated carbocycles. The first-order chi connectivity index (χ1) is 7.82. The normalized spacial score (nSPS) is 11.9. The third kappa shape index (κ3) is 4.26. The van der Waals surface area contributed by atoms with Crippen LogP contribution in [0.25, 0.3) is 0 Å². The molecule has 0 aliphatic rings. The SMILES string of the molecule is Cc1cc(NC(=O)C(N)C(C)C)cc(C)c1Br.Cl. The lowest BCUT2D eigenvalue weighted by molar-refractivity contribution is -0.118. The van der Waals surface area contributed by atoms with Gasteiger partial charge < -0.3 is 11.1 Å². The van der Waals surface area contributed by atoms with Crippen LogP contribution < -0.4 is 11.1 Å². The van der Waals surface area contributed by atoms with Gasteiger partial charge in [0, 0.05) is 10.2 Å². The summed E-state index contributed by atoms with van der Waals surface area (Å²) in [5.41, 5.74) is 8.78. The predicted octanol–water partition coefficient (Wildman–Crippen LogP) is 3.41. The molecule has 102 valence electrons. The van der Waals surface area contributed by atoms with Crippen molar-refractivity contribution in [3.63, 3.8) is 0 Å². The van der Waals surface area contributed by atoms with Crippen molar-refractivity contribution in [2.45, 2.75) is 33.7 Å². The molecule has 1 aromatic rings. The van der Waals surface area contributed by atoms with Crippen LogP contribution in [0.3, 0.4) is 0 Å². The highest BCUT2D eigenvalue weighted by Gasteiger charge is 2.17. The maximum Gasteiger partial charge on any atom is 0.241 e. The lowest BCUT2D eigenvalue weighted by atomic mass is 10.0. The second kappa shape index (κ2) is 7.12. The molecule has 1 aromatic carbocycles. The van der Waals surface area contributed by atoms with Gasteiger partial charge in [-0.1, -0.05) is 29.8 Å². The second-order valence-corrected chi connectivity index (χ2v) is 5.48. The first-order valence-corrected chi connectivity index (χ1v) is 6.45. The zero-order chi connectivity index (χ0) is 13.2. The van der Waals surface area contributed by atoms with Gasteiger partial charge in [-0.3, -0.25) is 4.79 Å². The quantitative estimate of drug-likeness (QED) is 0.889. The molecule has 0 aromatic heterocycles. The van der Waals surface area contributed by atoms with Crippen LogP contribution in [-0.4, -0.2) is 11.9 Å². The number of hydrogen-bond acceptors (Lipinski definition) is 2. The Kier molecular flexibility index (Phi) is 6.89. The van der Waals surface area contributed by atoms with E-state index in [-0.39, 0.29) is 24.2 Å². The van der Waals surface area contributed by atoms with Crippen molar-refractivity contribution in [3.8, 4) is 0 Å². The number of anilines is 1. The summed E-state index contributed by atoms with van der Waals surface area (Å²) in [6, 6.07) is 3.39. The molecule has 5 heteroatoms. The van der Waals surface area contributed by atoms with E-state index in [0.29, 0.717) is 0 Å². The van der Waals surface area contributed by atoms with Gasteiger partial charge in [-0.05, 0) is 43.0 Å². The van der Waals surface area contributed by atoms with E-state index in [4.69, 9.17) is 5.73 Å². The van der Waals surface area contributed by atoms with Gasteiger partial charge in [0.15, 0.2) is 0 Å². The smallest absolute Gasteiger partial charge is 0.241 e. The minimum atomic E-state index is -0.473. The third-order valence-corrected chi connectivity index (χ3v) is 3.98. The van der Waals surface area contributed by atoms with Crippen LogP contribution in [-0.2, 0) is 4.79 Å². The largest absolute Gasteiger partial charge is 0.325 e. The Morgan fingerprint density at radius 3 is 2.11 bits per heavy atom. The molecule has 1 amide bonds. The van der Waals surface area contributed by atoms with Crippen molar-refractivity contribution in [2.24, 2.45) is 11.7 Å². The Hall–Kier alpha value is -0.580. The van der Waals surface area contributed by atoms with Crippen LogP contribution in [0.1, 0.15) is 25.0 Å². The van der Waals surface area contributed by atoms with Crippen LogP contribution in [0.5, 0.6) is 0 Å². The highest BCUT2D eigenvalue weighted by Crippen LogP contribution is 2.25. The Balaban J connectivity index is 0.00000289. The Bertz CT molecular complexity index is 412. The minimum absolute atomic E-state index is 0. The molecule has 0 fully saturated rings. The summed E-state index contributed by atoms with van der Waals surface area (Å²) in [6.07, 6.45) is 0. The average molecular weight is 336 g/mol. The maximum atomic E-state index is 11.8. The van der Waals surface area contributed by atoms with Gasteiger partial charge in [0.25, 0.3) is 0 Å². The highest BCUT2D eigenvalue weighted by molar-refractivity contribution is 9.10. The Morgan fingerprint density at radius 1 is 1.28 bits per heavy atom. The summed E-state index contributed by atoms with van der Waals surface area (Å²) in [4.78, 5) is 11.8. The fourth-order valence-corrected chi connectivity index (χ4v) is 1.78. The zero-order valence-electron chi connectivity index (χ0n) is 11.1. The van der Waals surface area contributed by atoms with E-state index in [0.717, 1.165) is 21.3 Å². The van der Waals surface area contributed by atoms with Crippen molar-refractivity contribution in [1.29, 1.82) is 0 Å². The molecule has 0 aliphatic carbocycles. The Labute approximate surface area is 123 Å². The van der Waals surface area contributed by atoms with E-state index >= 15 is 0 Å². The van der Waals surface area contributed by atoms with E-state index in [2.05, 4.69) is 21.2 Å². The van der Waals surface area contributed by atoms with Crippen LogP contribution in [0.4, 0.5) is 5.69 Å². The van der Waals surface area contributed by atoms with Crippen LogP contribution >= 0.6 is 28.3 Å². The average Bonchev–Trinajstić information content (AvgIpc) is 2.24. The third-order valence-electron chi connectivity index (χ3n) is 2.72. The number of carbonyl (C=O) groups excluding carboxylic acids is 1. The molecule has 0 spiro atoms. The number of carbonyl (C=O) groups is 1. The number of nitrogens with two attached hydrogens (primary N) is 1. The number of benzene rings is 1. The van der Waals surface area contributed by atoms with Gasteiger partial charge >= 0.3 is 0 Å². The molecule has 1 atom stereocenters. The molecular formula is C13H20BrClN2O. The molecule has 0 radical (unpaired) electrons. The lowest BCUT2D eigenvalue weighted by Gasteiger charge is -2.16. The number of halogens is 2. The van der Waals surface area contributed by atoms with Crippen molar-refractivity contribution in [3.05, 3.63) is 27.7 Å². The van der Waals surface area contributed by atoms with Crippen molar-refractivity contribution in [2.75, 3.05) is 5.32 Å². The predicted molar refractivity (Wildman–Crippen MR) is 82.3 cm³/mol. The summed E-state index contributed by atoms with van der Waals surface area (Å²) < 4.78 is 1.07. The molecule has 18 heavy (non-hydrogen) atoms. The summed E-state index contributed by atoms with van der Waals surface area (Å²) in [6.45, 7) is 7.86. The van der Waals surface area contributed by atoms with E-state index < -0.39 is 6.04 Å². The van der Waals surface area contributed by atoms with Gasteiger partial charge in [-0.2, -0.15) is 0 Å². The topological polar surface area (TPSA) is 55.1 Å². The van der Waals surface area contributed by atoms with Crippen LogP contribution in [0.15, 0.2) is 16.6 Å². The van der Waals surface area contributed by atoms with Gasteiger partial charge in [-0.25, -0.2) is 0 Å². The Morgan fingerprint density at radius 2 is 1.72 bits per heavy atom. The lowest BCUT2D eigenvalue weighted by Crippen LogP contribution is -2.39. The molecule has 3 nitrogen and oxygen atoms in total. The van der Waals surface area contributed by atoms with Crippen molar-refractivity contribution < 1.29 is 4.79 Å². The van der Waals surface area contributed by atoms with E-state index in [1.807, 2.05) is 39.8 Å². The monoisotopic (exact) mass is 334 g/mol. The first kappa shape index (κ1) is 17.4. The number of rotatable bonds is 3. The van der Waals surface area contributed by atoms with Crippen molar-refractivity contribution in [1.82, 2.24) is 0 Å². The maximum absolute atomic E-state index is 11.8. The number of hydrogen-bond donors (Lipinski definition) is 2. The van der Waals surface area contributed by atoms with Crippen LogP contribution in [0.2, 0.25) is 0 Å². The van der Waals surface area contributed by atoms with Gasteiger partial charge in [0.1, 0.15) is 0 Å². The first-order valence-electron chi connectivity index (χ1n) is 5.66. The van der Waals surface area contributed by atoms with Crippen molar-refractivity contribution >= 4 is 39.9 Å². The molecule has 0 aliphatic heterocycles. The number of aryl methyl sites for hydroxylation is 2. The standard InChI is InChI=1S/C13H19BrN2O.ClH/c1-7(2)12(15)13(17)16-10-5-8(3)11(14)9(4)6-10;/h5-7,12H,15H2,1-4H3,(H,16,17);1H. The molecule has 0 saturated heterocycles. The summed E-state index contributed by atoms with van der Waals surface area (Å²) >= 11 is 3.49. The molecule has 3 N–H and O–H groups in total. The van der Waals surface area contributed by atoms with Crippen LogP contribution in [0, 0.1) is 19.8 Å². The van der Waals surface area contributed by atoms with E-state index in [1.165, 1.54) is 0 Å². The molecule has 0 heterocycles. The summed E-state index contributed by atoms with van der Waals surface area (Å²) in [5.74, 6) is -0.00577. The minimum Gasteiger partial charge on any atom is -0.325 e. The van der Waals surface area contributed by atoms with Gasteiger partial charge in [-0.15, -0.1) is 12.4 Å². The fourth-order valence-electron chi connectivity index (χ4n) is 1.55. The highest BCUT2D eigenvalue weighted by atomic mass is 79.9. The molecular weight excluding hydrogens is 316 g/mol. The fraction of sp³-hybridized carbons (Fsp3) is 0.462. The molecule has 1 rings (SSSR count). The van der Waals surface area contributed by atoms with E-state index in [9.17, 15) is 4.79 Å². The van der Waals surface area contributed by atoms with Gasteiger partial charge in [0.05, 0.1) is 6.04 Å². The zero-order valence-corrected chi connectivity index (χ0v) is 13.5. The van der Waals surface area contributed by atoms with E-state index in [1.54, 1.807) is 0 Å². The van der Waals surface area contributed by atoms with Gasteiger partial charge in [0.2, 0.25) is 5.91 Å².